The van der Waals surface area contributed by atoms with Crippen LogP contribution in [0.3, 0.4) is 0 Å². The van der Waals surface area contributed by atoms with E-state index >= 15 is 0 Å². The van der Waals surface area contributed by atoms with Crippen molar-refractivity contribution < 1.29 is 78.9 Å². The molecular weight excluding hydrogens is 294 g/mol. The quantitative estimate of drug-likeness (QED) is 0.518. The van der Waals surface area contributed by atoms with Gasteiger partial charge in [0.2, 0.25) is 0 Å². The Morgan fingerprint density at radius 3 is 1.28 bits per heavy atom. The van der Waals surface area contributed by atoms with Gasteiger partial charge >= 0.3 is 59.1 Å². The Hall–Kier alpha value is 0.340. The molecule has 0 aliphatic heterocycles. The van der Waals surface area contributed by atoms with Crippen LogP contribution in [0.5, 0.6) is 0 Å². The summed E-state index contributed by atoms with van der Waals surface area (Å²) < 4.78 is 0. The van der Waals surface area contributed by atoms with Crippen LogP contribution in [0.2, 0.25) is 0 Å². The van der Waals surface area contributed by atoms with E-state index in [-0.39, 0.29) is 68.9 Å². The summed E-state index contributed by atoms with van der Waals surface area (Å²) in [5.74, 6) is -2.19. The van der Waals surface area contributed by atoms with Crippen LogP contribution in [-0.4, -0.2) is 11.9 Å². The largest absolute Gasteiger partial charge is 1.00 e. The molecule has 0 atom stereocenters. The van der Waals surface area contributed by atoms with Gasteiger partial charge in [0.1, 0.15) is 0 Å². The van der Waals surface area contributed by atoms with E-state index in [0.29, 0.717) is 0 Å². The summed E-state index contributed by atoms with van der Waals surface area (Å²) in [6.07, 6.45) is 0. The molecule has 4 nitrogen and oxygen atoms in total. The first kappa shape index (κ1) is 20.7. The van der Waals surface area contributed by atoms with E-state index in [1.807, 2.05) is 0 Å². The van der Waals surface area contributed by atoms with Crippen LogP contribution in [-0.2, 0) is 0 Å². The molecule has 0 aliphatic carbocycles. The van der Waals surface area contributed by atoms with Gasteiger partial charge in [-0.1, -0.05) is 12.1 Å². The van der Waals surface area contributed by atoms with Gasteiger partial charge < -0.3 is 19.8 Å². The summed E-state index contributed by atoms with van der Waals surface area (Å²) in [5.41, 5.74) is 0. The Bertz CT molecular complexity index is 410. The summed E-state index contributed by atoms with van der Waals surface area (Å²) in [7, 11) is 0. The van der Waals surface area contributed by atoms with Crippen molar-refractivity contribution in [1.82, 2.24) is 0 Å². The van der Waals surface area contributed by atoms with Crippen molar-refractivity contribution in [2.24, 2.45) is 0 Å². The SMILES string of the molecule is O=C([O-])c1cccs1.O=C([O-])c1cccs1.[Na+].[Na+]. The molecule has 0 radical (unpaired) electrons. The maximum absolute atomic E-state index is 9.96. The van der Waals surface area contributed by atoms with Crippen LogP contribution in [0.4, 0.5) is 0 Å². The van der Waals surface area contributed by atoms with Crippen molar-refractivity contribution in [1.29, 1.82) is 0 Å². The third-order valence-electron chi connectivity index (χ3n) is 1.44. The molecule has 0 bridgehead atoms. The van der Waals surface area contributed by atoms with Crippen LogP contribution in [0.15, 0.2) is 35.0 Å². The van der Waals surface area contributed by atoms with Crippen LogP contribution >= 0.6 is 22.7 Å². The number of carboxylic acid groups (broad SMARTS) is 2. The fourth-order valence-corrected chi connectivity index (χ4v) is 1.90. The first-order valence-corrected chi connectivity index (χ1v) is 5.87. The second kappa shape index (κ2) is 11.2. The molecule has 2 aromatic rings. The molecule has 2 heterocycles. The number of thiophene rings is 2. The molecule has 0 N–H and O–H groups in total. The zero-order valence-electron chi connectivity index (χ0n) is 9.91. The molecule has 18 heavy (non-hydrogen) atoms. The molecule has 0 aliphatic rings. The first-order valence-electron chi connectivity index (χ1n) is 4.11. The number of aromatic carboxylic acids is 2. The zero-order chi connectivity index (χ0) is 12.0. The maximum Gasteiger partial charge on any atom is 1.00 e. The predicted molar refractivity (Wildman–Crippen MR) is 57.3 cm³/mol. The van der Waals surface area contributed by atoms with Gasteiger partial charge in [0.15, 0.2) is 0 Å². The van der Waals surface area contributed by atoms with Crippen molar-refractivity contribution >= 4 is 34.6 Å². The van der Waals surface area contributed by atoms with Gasteiger partial charge in [0, 0.05) is 9.75 Å². The van der Waals surface area contributed by atoms with Crippen molar-refractivity contribution in [3.8, 4) is 0 Å². The zero-order valence-corrected chi connectivity index (χ0v) is 15.5. The number of carbonyl (C=O) groups is 2. The molecule has 0 spiro atoms. The molecule has 0 unspecified atom stereocenters. The Morgan fingerprint density at radius 1 is 0.833 bits per heavy atom. The van der Waals surface area contributed by atoms with Gasteiger partial charge in [0.05, 0.1) is 11.9 Å². The molecule has 0 aromatic carbocycles. The molecule has 2 rings (SSSR count). The van der Waals surface area contributed by atoms with Gasteiger partial charge in [-0.05, 0) is 22.9 Å². The van der Waals surface area contributed by atoms with E-state index < -0.39 is 11.9 Å². The molecule has 0 saturated heterocycles. The number of hydrogen-bond acceptors (Lipinski definition) is 6. The average Bonchev–Trinajstić information content (AvgIpc) is 2.93. The number of rotatable bonds is 2. The third kappa shape index (κ3) is 7.70. The van der Waals surface area contributed by atoms with E-state index in [1.165, 1.54) is 34.8 Å². The van der Waals surface area contributed by atoms with Gasteiger partial charge in [-0.15, -0.1) is 22.7 Å². The summed E-state index contributed by atoms with van der Waals surface area (Å²) in [5, 5.41) is 23.3. The summed E-state index contributed by atoms with van der Waals surface area (Å²) >= 11 is 2.34. The fourth-order valence-electron chi connectivity index (χ4n) is 0.789. The first-order chi connectivity index (χ1) is 7.61. The van der Waals surface area contributed by atoms with E-state index in [4.69, 9.17) is 0 Å². The molecule has 8 heteroatoms. The van der Waals surface area contributed by atoms with Crippen molar-refractivity contribution in [2.75, 3.05) is 0 Å². The fraction of sp³-hybridized carbons (Fsp3) is 0. The monoisotopic (exact) mass is 300 g/mol. The minimum absolute atomic E-state index is 0. The molecule has 0 amide bonds. The minimum Gasteiger partial charge on any atom is -0.544 e. The Morgan fingerprint density at radius 2 is 1.17 bits per heavy atom. The molecule has 84 valence electrons. The summed E-state index contributed by atoms with van der Waals surface area (Å²) in [6.45, 7) is 0. The maximum atomic E-state index is 9.96. The van der Waals surface area contributed by atoms with Crippen LogP contribution in [0, 0.1) is 0 Å². The Kier molecular flexibility index (Phi) is 12.8. The molecule has 0 fully saturated rings. The summed E-state index contributed by atoms with van der Waals surface area (Å²) in [4.78, 5) is 20.5. The topological polar surface area (TPSA) is 80.3 Å². The van der Waals surface area contributed by atoms with E-state index in [9.17, 15) is 19.8 Å². The number of hydrogen-bond donors (Lipinski definition) is 0. The van der Waals surface area contributed by atoms with Crippen molar-refractivity contribution in [2.45, 2.75) is 0 Å². The van der Waals surface area contributed by atoms with E-state index in [2.05, 4.69) is 0 Å². The van der Waals surface area contributed by atoms with Gasteiger partial charge in [-0.3, -0.25) is 0 Å². The predicted octanol–water partition coefficient (Wildman–Crippen LogP) is -5.77. The number of carboxylic acids is 2. The third-order valence-corrected chi connectivity index (χ3v) is 3.14. The number of carbonyl (C=O) groups excluding carboxylic acids is 2. The second-order valence-corrected chi connectivity index (χ2v) is 4.42. The smallest absolute Gasteiger partial charge is 0.544 e. The van der Waals surface area contributed by atoms with E-state index in [1.54, 1.807) is 22.9 Å². The van der Waals surface area contributed by atoms with Crippen LogP contribution in [0.25, 0.3) is 0 Å². The Labute approximate surface area is 156 Å². The minimum atomic E-state index is -1.10. The summed E-state index contributed by atoms with van der Waals surface area (Å²) in [6, 6.07) is 6.38. The average molecular weight is 300 g/mol. The van der Waals surface area contributed by atoms with Crippen molar-refractivity contribution in [3.05, 3.63) is 44.8 Å². The van der Waals surface area contributed by atoms with E-state index in [0.717, 1.165) is 0 Å². The molecular formula is C10H6Na2O4S2. The van der Waals surface area contributed by atoms with Gasteiger partial charge in [-0.2, -0.15) is 0 Å². The molecule has 2 aromatic heterocycles. The Balaban J connectivity index is 0. The standard InChI is InChI=1S/2C5H4O2S.2Na/c2*6-5(7)4-2-1-3-8-4;;/h2*1-3H,(H,6,7);;/q;;2*+1/p-2. The van der Waals surface area contributed by atoms with Crippen molar-refractivity contribution in [3.63, 3.8) is 0 Å². The van der Waals surface area contributed by atoms with Crippen LogP contribution < -0.4 is 69.3 Å². The van der Waals surface area contributed by atoms with Gasteiger partial charge in [0.25, 0.3) is 0 Å². The normalized spacial score (nSPS) is 8.00. The van der Waals surface area contributed by atoms with Gasteiger partial charge in [-0.25, -0.2) is 0 Å². The van der Waals surface area contributed by atoms with Crippen LogP contribution in [0.1, 0.15) is 19.3 Å². The second-order valence-electron chi connectivity index (χ2n) is 2.53. The molecule has 0 saturated carbocycles.